The first-order valence-electron chi connectivity index (χ1n) is 4.06. The number of hydrogen-bond acceptors (Lipinski definition) is 3. The lowest BCUT2D eigenvalue weighted by atomic mass is 10.1. The number of aryl methyl sites for hydroxylation is 1. The van der Waals surface area contributed by atoms with Gasteiger partial charge in [0.05, 0.1) is 11.5 Å². The van der Waals surface area contributed by atoms with Crippen molar-refractivity contribution >= 4 is 5.69 Å². The molecule has 0 unspecified atom stereocenters. The normalized spacial score (nSPS) is 10.0. The molecule has 1 N–H and O–H groups in total. The molecule has 70 valence electrons. The smallest absolute Gasteiger partial charge is 0.269 e. The summed E-state index contributed by atoms with van der Waals surface area (Å²) < 4.78 is 0. The minimum absolute atomic E-state index is 0.0683. The topological polar surface area (TPSA) is 63.4 Å². The summed E-state index contributed by atoms with van der Waals surface area (Å²) in [4.78, 5) is 9.98. The fourth-order valence-corrected chi connectivity index (χ4v) is 1.21. The van der Waals surface area contributed by atoms with Crippen LogP contribution in [0, 0.1) is 10.1 Å². The van der Waals surface area contributed by atoms with Crippen molar-refractivity contribution in [2.24, 2.45) is 0 Å². The van der Waals surface area contributed by atoms with E-state index >= 15 is 0 Å². The summed E-state index contributed by atoms with van der Waals surface area (Å²) in [6.45, 7) is 1.83. The molecule has 0 aliphatic rings. The van der Waals surface area contributed by atoms with E-state index in [4.69, 9.17) is 5.11 Å². The Hall–Kier alpha value is -1.42. The Kier molecular flexibility index (Phi) is 2.97. The molecular weight excluding hydrogens is 170 g/mol. The molecule has 0 saturated heterocycles. The monoisotopic (exact) mass is 181 g/mol. The summed E-state index contributed by atoms with van der Waals surface area (Å²) in [5.41, 5.74) is 1.67. The van der Waals surface area contributed by atoms with E-state index in [0.717, 1.165) is 11.1 Å². The molecule has 4 nitrogen and oxygen atoms in total. The van der Waals surface area contributed by atoms with Gasteiger partial charge in [-0.05, 0) is 23.6 Å². The first-order valence-corrected chi connectivity index (χ1v) is 4.06. The molecule has 0 amide bonds. The molecule has 1 aromatic carbocycles. The molecule has 0 bridgehead atoms. The molecule has 4 heteroatoms. The van der Waals surface area contributed by atoms with Crippen LogP contribution in [-0.4, -0.2) is 10.0 Å². The van der Waals surface area contributed by atoms with Crippen LogP contribution in [0.2, 0.25) is 0 Å². The van der Waals surface area contributed by atoms with E-state index in [1.165, 1.54) is 12.1 Å². The third-order valence-electron chi connectivity index (χ3n) is 1.95. The highest BCUT2D eigenvalue weighted by Gasteiger charge is 2.08. The van der Waals surface area contributed by atoms with Gasteiger partial charge in [-0.1, -0.05) is 6.92 Å². The summed E-state index contributed by atoms with van der Waals surface area (Å²) in [5.74, 6) is 0. The number of aliphatic hydroxyl groups is 1. The van der Waals surface area contributed by atoms with Crippen molar-refractivity contribution in [1.82, 2.24) is 0 Å². The number of nitrogens with zero attached hydrogens (tertiary/aromatic N) is 1. The van der Waals surface area contributed by atoms with Crippen LogP contribution in [0.25, 0.3) is 0 Å². The first kappa shape index (κ1) is 9.67. The highest BCUT2D eigenvalue weighted by atomic mass is 16.6. The third-order valence-corrected chi connectivity index (χ3v) is 1.95. The van der Waals surface area contributed by atoms with Crippen LogP contribution in [-0.2, 0) is 13.0 Å². The number of non-ortho nitro benzene ring substituents is 1. The average molecular weight is 181 g/mol. The van der Waals surface area contributed by atoms with Gasteiger partial charge in [-0.2, -0.15) is 0 Å². The van der Waals surface area contributed by atoms with E-state index in [1.807, 2.05) is 6.92 Å². The number of hydrogen-bond donors (Lipinski definition) is 1. The van der Waals surface area contributed by atoms with Crippen LogP contribution in [0.3, 0.4) is 0 Å². The van der Waals surface area contributed by atoms with E-state index in [0.29, 0.717) is 6.42 Å². The lowest BCUT2D eigenvalue weighted by Gasteiger charge is -2.03. The Morgan fingerprint density at radius 2 is 2.15 bits per heavy atom. The van der Waals surface area contributed by atoms with Crippen LogP contribution < -0.4 is 0 Å². The SMILES string of the molecule is CCc1cc([N+](=O)[O-])ccc1CO. The first-order chi connectivity index (χ1) is 6.19. The van der Waals surface area contributed by atoms with Crippen LogP contribution in [0.1, 0.15) is 18.1 Å². The number of nitro benzene ring substituents is 1. The van der Waals surface area contributed by atoms with Gasteiger partial charge in [-0.3, -0.25) is 10.1 Å². The van der Waals surface area contributed by atoms with Crippen LogP contribution in [0.4, 0.5) is 5.69 Å². The largest absolute Gasteiger partial charge is 0.392 e. The molecular formula is C9H11NO3. The molecule has 0 saturated carbocycles. The van der Waals surface area contributed by atoms with Crippen molar-refractivity contribution in [1.29, 1.82) is 0 Å². The van der Waals surface area contributed by atoms with Crippen LogP contribution in [0.5, 0.6) is 0 Å². The second-order valence-corrected chi connectivity index (χ2v) is 2.72. The molecule has 0 aromatic heterocycles. The molecule has 1 aromatic rings. The van der Waals surface area contributed by atoms with Crippen molar-refractivity contribution in [3.63, 3.8) is 0 Å². The van der Waals surface area contributed by atoms with Crippen molar-refractivity contribution in [2.45, 2.75) is 20.0 Å². The molecule has 0 heterocycles. The van der Waals surface area contributed by atoms with Gasteiger partial charge < -0.3 is 5.11 Å². The van der Waals surface area contributed by atoms with E-state index in [2.05, 4.69) is 0 Å². The van der Waals surface area contributed by atoms with Crippen LogP contribution in [0.15, 0.2) is 18.2 Å². The van der Waals surface area contributed by atoms with Crippen molar-refractivity contribution in [3.8, 4) is 0 Å². The van der Waals surface area contributed by atoms with Gasteiger partial charge in [-0.25, -0.2) is 0 Å². The summed E-state index contributed by atoms with van der Waals surface area (Å²) in [6.07, 6.45) is 0.692. The zero-order chi connectivity index (χ0) is 9.84. The van der Waals surface area contributed by atoms with E-state index in [1.54, 1.807) is 6.07 Å². The minimum Gasteiger partial charge on any atom is -0.392 e. The van der Waals surface area contributed by atoms with Gasteiger partial charge in [0.2, 0.25) is 0 Å². The number of benzene rings is 1. The highest BCUT2D eigenvalue weighted by molar-refractivity contribution is 5.39. The summed E-state index contributed by atoms with van der Waals surface area (Å²) in [5, 5.41) is 19.3. The highest BCUT2D eigenvalue weighted by Crippen LogP contribution is 2.18. The Morgan fingerprint density at radius 3 is 2.62 bits per heavy atom. The number of nitro groups is 1. The average Bonchev–Trinajstić information content (AvgIpc) is 2.16. The van der Waals surface area contributed by atoms with Gasteiger partial charge in [0.15, 0.2) is 0 Å². The predicted octanol–water partition coefficient (Wildman–Crippen LogP) is 1.65. The molecule has 0 radical (unpaired) electrons. The minimum atomic E-state index is -0.430. The molecule has 13 heavy (non-hydrogen) atoms. The third kappa shape index (κ3) is 2.03. The van der Waals surface area contributed by atoms with E-state index < -0.39 is 4.92 Å². The molecule has 1 rings (SSSR count). The molecule has 0 aliphatic heterocycles. The van der Waals surface area contributed by atoms with Crippen molar-refractivity contribution in [3.05, 3.63) is 39.4 Å². The zero-order valence-corrected chi connectivity index (χ0v) is 7.36. The second-order valence-electron chi connectivity index (χ2n) is 2.72. The fourth-order valence-electron chi connectivity index (χ4n) is 1.21. The Morgan fingerprint density at radius 1 is 1.46 bits per heavy atom. The van der Waals surface area contributed by atoms with E-state index in [9.17, 15) is 10.1 Å². The maximum absolute atomic E-state index is 10.4. The van der Waals surface area contributed by atoms with Gasteiger partial charge in [0.1, 0.15) is 0 Å². The van der Waals surface area contributed by atoms with Crippen LogP contribution >= 0.6 is 0 Å². The lowest BCUT2D eigenvalue weighted by Crippen LogP contribution is -1.95. The van der Waals surface area contributed by atoms with Crippen molar-refractivity contribution in [2.75, 3.05) is 0 Å². The summed E-state index contributed by atoms with van der Waals surface area (Å²) in [7, 11) is 0. The maximum Gasteiger partial charge on any atom is 0.269 e. The van der Waals surface area contributed by atoms with Gasteiger partial charge >= 0.3 is 0 Å². The fraction of sp³-hybridized carbons (Fsp3) is 0.333. The van der Waals surface area contributed by atoms with Gasteiger partial charge in [0, 0.05) is 12.1 Å². The molecule has 0 atom stereocenters. The zero-order valence-electron chi connectivity index (χ0n) is 7.36. The summed E-state index contributed by atoms with van der Waals surface area (Å²) >= 11 is 0. The van der Waals surface area contributed by atoms with Gasteiger partial charge in [0.25, 0.3) is 5.69 Å². The standard InChI is InChI=1S/C9H11NO3/c1-2-7-5-9(10(12)13)4-3-8(7)6-11/h3-5,11H,2,6H2,1H3. The molecule has 0 spiro atoms. The van der Waals surface area contributed by atoms with Gasteiger partial charge in [-0.15, -0.1) is 0 Å². The second kappa shape index (κ2) is 4.00. The Bertz CT molecular complexity index is 323. The van der Waals surface area contributed by atoms with E-state index in [-0.39, 0.29) is 12.3 Å². The predicted molar refractivity (Wildman–Crippen MR) is 48.4 cm³/mol. The quantitative estimate of drug-likeness (QED) is 0.569. The maximum atomic E-state index is 10.4. The Balaban J connectivity index is 3.13. The summed E-state index contributed by atoms with van der Waals surface area (Å²) in [6, 6.07) is 4.51. The Labute approximate surface area is 76.0 Å². The molecule has 0 fully saturated rings. The number of rotatable bonds is 3. The van der Waals surface area contributed by atoms with Crippen molar-refractivity contribution < 1.29 is 10.0 Å². The molecule has 0 aliphatic carbocycles. The number of aliphatic hydroxyl groups excluding tert-OH is 1. The lowest BCUT2D eigenvalue weighted by molar-refractivity contribution is -0.384.